The summed E-state index contributed by atoms with van der Waals surface area (Å²) in [7, 11) is 0. The van der Waals surface area contributed by atoms with Gasteiger partial charge in [0.05, 0.1) is 16.5 Å². The number of fused-ring (bicyclic) bond motifs is 16. The van der Waals surface area contributed by atoms with Gasteiger partial charge in [-0.2, -0.15) is 0 Å². The molecule has 72 heavy (non-hydrogen) atoms. The molecule has 0 radical (unpaired) electrons. The molecular weight excluding hydrogens is 867 g/mol. The Morgan fingerprint density at radius 1 is 0.264 bits per heavy atom. The van der Waals surface area contributed by atoms with E-state index in [1.54, 1.807) is 0 Å². The highest BCUT2D eigenvalue weighted by molar-refractivity contribution is 6.10. The molecule has 0 bridgehead atoms. The van der Waals surface area contributed by atoms with E-state index in [-0.39, 0.29) is 5.41 Å². The molecule has 0 heterocycles. The molecule has 0 amide bonds. The molecule has 1 nitrogen and oxygen atoms in total. The van der Waals surface area contributed by atoms with Crippen molar-refractivity contribution in [3.05, 3.63) is 316 Å². The maximum Gasteiger partial charge on any atom is 0.0726 e. The summed E-state index contributed by atoms with van der Waals surface area (Å²) < 4.78 is 0. The number of hydrogen-bond acceptors (Lipinski definition) is 1. The predicted molar refractivity (Wildman–Crippen MR) is 298 cm³/mol. The summed E-state index contributed by atoms with van der Waals surface area (Å²) in [4.78, 5) is 2.64. The third-order valence-corrected chi connectivity index (χ3v) is 16.9. The number of para-hydroxylation sites is 1. The van der Waals surface area contributed by atoms with Crippen LogP contribution < -0.4 is 4.90 Å². The van der Waals surface area contributed by atoms with Crippen LogP contribution in [0.1, 0.15) is 69.5 Å². The summed E-state index contributed by atoms with van der Waals surface area (Å²) in [5.41, 5.74) is 27.7. The Morgan fingerprint density at radius 2 is 0.694 bits per heavy atom. The van der Waals surface area contributed by atoms with Crippen molar-refractivity contribution in [3.8, 4) is 55.6 Å². The van der Waals surface area contributed by atoms with Gasteiger partial charge in [0.15, 0.2) is 0 Å². The van der Waals surface area contributed by atoms with Crippen molar-refractivity contribution in [1.82, 2.24) is 0 Å². The Kier molecular flexibility index (Phi) is 8.62. The van der Waals surface area contributed by atoms with Crippen molar-refractivity contribution in [2.75, 3.05) is 4.90 Å². The van der Waals surface area contributed by atoms with Crippen molar-refractivity contribution in [2.24, 2.45) is 0 Å². The predicted octanol–water partition coefficient (Wildman–Crippen LogP) is 17.8. The van der Waals surface area contributed by atoms with Crippen LogP contribution in [0.25, 0.3) is 55.6 Å². The molecule has 0 unspecified atom stereocenters. The van der Waals surface area contributed by atoms with Crippen LogP contribution in [-0.2, 0) is 16.2 Å². The minimum Gasteiger partial charge on any atom is -0.309 e. The average Bonchev–Trinajstić information content (AvgIpc) is 4.10. The van der Waals surface area contributed by atoms with E-state index in [0.29, 0.717) is 0 Å². The molecule has 0 fully saturated rings. The highest BCUT2D eigenvalue weighted by atomic mass is 15.2. The van der Waals surface area contributed by atoms with Gasteiger partial charge in [-0.15, -0.1) is 0 Å². The van der Waals surface area contributed by atoms with Crippen LogP contribution in [0.2, 0.25) is 0 Å². The third-order valence-electron chi connectivity index (χ3n) is 16.9. The highest BCUT2D eigenvalue weighted by Crippen LogP contribution is 2.70. The van der Waals surface area contributed by atoms with Gasteiger partial charge in [0.2, 0.25) is 0 Å². The largest absolute Gasteiger partial charge is 0.309 e. The van der Waals surface area contributed by atoms with Crippen molar-refractivity contribution in [1.29, 1.82) is 0 Å². The van der Waals surface area contributed by atoms with E-state index >= 15 is 0 Å². The Hall–Kier alpha value is -8.78. The van der Waals surface area contributed by atoms with E-state index in [1.807, 2.05) is 0 Å². The molecule has 1 spiro atoms. The van der Waals surface area contributed by atoms with Gasteiger partial charge in [-0.05, 0) is 130 Å². The maximum absolute atomic E-state index is 2.68. The minimum absolute atomic E-state index is 0.199. The molecule has 0 N–H and O–H groups in total. The molecule has 0 saturated heterocycles. The Balaban J connectivity index is 1.17. The summed E-state index contributed by atoms with van der Waals surface area (Å²) in [6.45, 7) is 4.80. The monoisotopic (exact) mass is 915 g/mol. The smallest absolute Gasteiger partial charge is 0.0726 e. The van der Waals surface area contributed by atoms with Crippen LogP contribution in [0.5, 0.6) is 0 Å². The zero-order valence-electron chi connectivity index (χ0n) is 40.3. The van der Waals surface area contributed by atoms with Crippen LogP contribution in [0.3, 0.4) is 0 Å². The Labute approximate surface area is 422 Å². The molecule has 338 valence electrons. The third kappa shape index (κ3) is 5.27. The number of rotatable bonds is 6. The number of hydrogen-bond donors (Lipinski definition) is 0. The van der Waals surface area contributed by atoms with Gasteiger partial charge in [-0.3, -0.25) is 0 Å². The zero-order chi connectivity index (χ0) is 47.8. The molecule has 15 rings (SSSR count). The van der Waals surface area contributed by atoms with Crippen molar-refractivity contribution < 1.29 is 0 Å². The molecule has 0 aromatic heterocycles. The average molecular weight is 916 g/mol. The summed E-state index contributed by atoms with van der Waals surface area (Å²) in [5.74, 6) is 0. The molecule has 0 aliphatic heterocycles. The van der Waals surface area contributed by atoms with E-state index < -0.39 is 10.8 Å². The van der Waals surface area contributed by atoms with Gasteiger partial charge in [0.25, 0.3) is 0 Å². The Morgan fingerprint density at radius 3 is 1.29 bits per heavy atom. The fraction of sp³-hybridized carbons (Fsp3) is 0.0704. The lowest BCUT2D eigenvalue weighted by atomic mass is 9.65. The van der Waals surface area contributed by atoms with Crippen molar-refractivity contribution in [3.63, 3.8) is 0 Å². The van der Waals surface area contributed by atoms with Gasteiger partial charge in [-0.25, -0.2) is 0 Å². The summed E-state index contributed by atoms with van der Waals surface area (Å²) in [6, 6.07) is 98.9. The topological polar surface area (TPSA) is 3.24 Å². The summed E-state index contributed by atoms with van der Waals surface area (Å²) in [6.07, 6.45) is 0. The van der Waals surface area contributed by atoms with E-state index in [9.17, 15) is 0 Å². The quantitative estimate of drug-likeness (QED) is 0.161. The first-order chi connectivity index (χ1) is 35.5. The van der Waals surface area contributed by atoms with Gasteiger partial charge in [0.1, 0.15) is 0 Å². The standard InChI is InChI=1S/C71H49N/c1-69(2)58-35-19-15-31-52(58)55-42-40-51(44-62(55)69)72(50-29-13-6-14-30-50)68-66-56-34-18-22-38-61(56)70(48-25-9-4-10-26-48,49-27-11-5-12-28-49)64(66)45-65-67(68)57-41-39-47(46-23-7-3-8-24-46)43-63(57)71(65)59-36-20-16-32-53(59)54-33-17-21-37-60(54)71/h3-45H,1-2H3. The molecular formula is C71H49N. The van der Waals surface area contributed by atoms with E-state index in [0.717, 1.165) is 11.4 Å². The molecule has 1 heteroatoms. The van der Waals surface area contributed by atoms with E-state index in [4.69, 9.17) is 0 Å². The highest BCUT2D eigenvalue weighted by Gasteiger charge is 2.56. The number of nitrogens with zero attached hydrogens (tertiary/aromatic N) is 1. The molecule has 11 aromatic rings. The molecule has 0 saturated carbocycles. The molecule has 4 aliphatic rings. The lowest BCUT2D eigenvalue weighted by Crippen LogP contribution is -2.30. The molecule has 11 aromatic carbocycles. The van der Waals surface area contributed by atoms with Crippen LogP contribution in [0.15, 0.2) is 261 Å². The molecule has 4 aliphatic carbocycles. The van der Waals surface area contributed by atoms with Gasteiger partial charge in [-0.1, -0.05) is 244 Å². The lowest BCUT2D eigenvalue weighted by molar-refractivity contribution is 0.660. The number of anilines is 3. The van der Waals surface area contributed by atoms with Gasteiger partial charge < -0.3 is 4.90 Å². The van der Waals surface area contributed by atoms with E-state index in [2.05, 4.69) is 280 Å². The Bertz CT molecular complexity index is 3910. The zero-order valence-corrected chi connectivity index (χ0v) is 40.3. The second-order valence-corrected chi connectivity index (χ2v) is 20.6. The first-order valence-electron chi connectivity index (χ1n) is 25.4. The fourth-order valence-corrected chi connectivity index (χ4v) is 14.0. The van der Waals surface area contributed by atoms with Gasteiger partial charge in [0, 0.05) is 27.9 Å². The van der Waals surface area contributed by atoms with Crippen LogP contribution >= 0.6 is 0 Å². The lowest BCUT2D eigenvalue weighted by Gasteiger charge is -2.37. The van der Waals surface area contributed by atoms with Gasteiger partial charge >= 0.3 is 0 Å². The fourth-order valence-electron chi connectivity index (χ4n) is 14.0. The number of benzene rings is 11. The minimum atomic E-state index is -0.662. The first kappa shape index (κ1) is 41.0. The van der Waals surface area contributed by atoms with Crippen molar-refractivity contribution >= 4 is 17.1 Å². The SMILES string of the molecule is CC1(C)c2ccccc2-c2ccc(N(c3ccccc3)c3c4c(cc5c3-c3ccc(-c6ccccc6)cc3C53c5ccccc5-c5ccccc53)C(c3ccccc3)(c3ccccc3)c3ccccc3-4)cc21. The van der Waals surface area contributed by atoms with E-state index in [1.165, 1.54) is 117 Å². The maximum atomic E-state index is 2.68. The summed E-state index contributed by atoms with van der Waals surface area (Å²) in [5, 5.41) is 0. The summed E-state index contributed by atoms with van der Waals surface area (Å²) >= 11 is 0. The first-order valence-corrected chi connectivity index (χ1v) is 25.4. The van der Waals surface area contributed by atoms with Crippen LogP contribution in [0, 0.1) is 0 Å². The normalized spacial score (nSPS) is 14.9. The van der Waals surface area contributed by atoms with Crippen LogP contribution in [-0.4, -0.2) is 0 Å². The second kappa shape index (κ2) is 15.1. The van der Waals surface area contributed by atoms with Crippen molar-refractivity contribution in [2.45, 2.75) is 30.1 Å². The molecule has 0 atom stereocenters. The van der Waals surface area contributed by atoms with Crippen LogP contribution in [0.4, 0.5) is 17.1 Å². The second-order valence-electron chi connectivity index (χ2n) is 20.6.